The third-order valence-corrected chi connectivity index (χ3v) is 4.71. The molecule has 2 saturated heterocycles. The van der Waals surface area contributed by atoms with Gasteiger partial charge in [-0.3, -0.25) is 14.5 Å². The Balaban J connectivity index is 1.45. The number of hydrogen-bond donors (Lipinski definition) is 1. The van der Waals surface area contributed by atoms with Crippen molar-refractivity contribution in [2.45, 2.75) is 12.8 Å². The molecule has 1 N–H and O–H groups in total. The Morgan fingerprint density at radius 1 is 0.955 bits per heavy atom. The van der Waals surface area contributed by atoms with Gasteiger partial charge in [0.1, 0.15) is 5.41 Å². The van der Waals surface area contributed by atoms with Crippen LogP contribution in [-0.2, 0) is 19.1 Å². The maximum absolute atomic E-state index is 12.6. The van der Waals surface area contributed by atoms with Crippen LogP contribution in [0.25, 0.3) is 0 Å². The van der Waals surface area contributed by atoms with E-state index in [1.54, 1.807) is 4.90 Å². The normalized spacial score (nSPS) is 24.8. The SMILES string of the molecule is O=C(NCCN1CCOCC1)C1(C(=O)N2CCOCC2)CC1. The van der Waals surface area contributed by atoms with E-state index < -0.39 is 5.41 Å². The Morgan fingerprint density at radius 3 is 2.14 bits per heavy atom. The smallest absolute Gasteiger partial charge is 0.238 e. The van der Waals surface area contributed by atoms with E-state index in [1.165, 1.54) is 0 Å². The molecule has 124 valence electrons. The Morgan fingerprint density at radius 2 is 1.55 bits per heavy atom. The lowest BCUT2D eigenvalue weighted by molar-refractivity contribution is -0.147. The predicted molar refractivity (Wildman–Crippen MR) is 79.3 cm³/mol. The molecule has 0 atom stereocenters. The Labute approximate surface area is 130 Å². The molecule has 2 amide bonds. The number of carbonyl (C=O) groups is 2. The van der Waals surface area contributed by atoms with Crippen LogP contribution in [0, 0.1) is 5.41 Å². The van der Waals surface area contributed by atoms with Crippen LogP contribution in [0.3, 0.4) is 0 Å². The minimum Gasteiger partial charge on any atom is -0.379 e. The molecule has 0 radical (unpaired) electrons. The predicted octanol–water partition coefficient (Wildman–Crippen LogP) is -0.926. The first kappa shape index (κ1) is 15.7. The van der Waals surface area contributed by atoms with E-state index in [4.69, 9.17) is 9.47 Å². The van der Waals surface area contributed by atoms with Gasteiger partial charge in [-0.25, -0.2) is 0 Å². The van der Waals surface area contributed by atoms with Crippen molar-refractivity contribution in [2.75, 3.05) is 65.7 Å². The molecule has 0 spiro atoms. The summed E-state index contributed by atoms with van der Waals surface area (Å²) in [7, 11) is 0. The average Bonchev–Trinajstić information content (AvgIpc) is 3.38. The second-order valence-corrected chi connectivity index (χ2v) is 6.20. The van der Waals surface area contributed by atoms with Crippen molar-refractivity contribution < 1.29 is 19.1 Å². The fourth-order valence-corrected chi connectivity index (χ4v) is 3.05. The summed E-state index contributed by atoms with van der Waals surface area (Å²) in [6.07, 6.45) is 1.35. The van der Waals surface area contributed by atoms with E-state index in [2.05, 4.69) is 10.2 Å². The molecule has 1 saturated carbocycles. The van der Waals surface area contributed by atoms with Crippen molar-refractivity contribution >= 4 is 11.8 Å². The van der Waals surface area contributed by atoms with Crippen LogP contribution in [-0.4, -0.2) is 87.3 Å². The minimum atomic E-state index is -0.789. The van der Waals surface area contributed by atoms with Gasteiger partial charge in [0.25, 0.3) is 0 Å². The van der Waals surface area contributed by atoms with Crippen LogP contribution < -0.4 is 5.32 Å². The molecule has 0 aromatic rings. The van der Waals surface area contributed by atoms with E-state index >= 15 is 0 Å². The molecule has 3 fully saturated rings. The van der Waals surface area contributed by atoms with Gasteiger partial charge < -0.3 is 19.7 Å². The summed E-state index contributed by atoms with van der Waals surface area (Å²) in [5, 5.41) is 2.95. The van der Waals surface area contributed by atoms with Crippen LogP contribution in [0.1, 0.15) is 12.8 Å². The molecular formula is C15H25N3O4. The molecule has 0 bridgehead atoms. The number of ether oxygens (including phenoxy) is 2. The number of amides is 2. The van der Waals surface area contributed by atoms with Gasteiger partial charge in [0, 0.05) is 39.3 Å². The van der Waals surface area contributed by atoms with Gasteiger partial charge in [-0.15, -0.1) is 0 Å². The zero-order chi connectivity index (χ0) is 15.4. The third kappa shape index (κ3) is 3.42. The Kier molecular flexibility index (Phi) is 4.95. The van der Waals surface area contributed by atoms with E-state index in [0.717, 1.165) is 32.8 Å². The van der Waals surface area contributed by atoms with Crippen molar-refractivity contribution in [1.82, 2.24) is 15.1 Å². The van der Waals surface area contributed by atoms with Crippen molar-refractivity contribution in [3.63, 3.8) is 0 Å². The van der Waals surface area contributed by atoms with E-state index in [1.807, 2.05) is 0 Å². The monoisotopic (exact) mass is 311 g/mol. The fourth-order valence-electron chi connectivity index (χ4n) is 3.05. The highest BCUT2D eigenvalue weighted by Crippen LogP contribution is 2.47. The maximum Gasteiger partial charge on any atom is 0.238 e. The van der Waals surface area contributed by atoms with Crippen LogP contribution in [0.15, 0.2) is 0 Å². The molecule has 7 heteroatoms. The lowest BCUT2D eigenvalue weighted by Crippen LogP contribution is -2.50. The second-order valence-electron chi connectivity index (χ2n) is 6.20. The largest absolute Gasteiger partial charge is 0.379 e. The van der Waals surface area contributed by atoms with E-state index in [-0.39, 0.29) is 11.8 Å². The van der Waals surface area contributed by atoms with Crippen molar-refractivity contribution in [2.24, 2.45) is 5.41 Å². The molecule has 0 unspecified atom stereocenters. The molecule has 22 heavy (non-hydrogen) atoms. The molecule has 2 heterocycles. The number of nitrogens with zero attached hydrogens (tertiary/aromatic N) is 2. The van der Waals surface area contributed by atoms with Gasteiger partial charge in [0.05, 0.1) is 26.4 Å². The second kappa shape index (κ2) is 6.93. The molecule has 0 aromatic carbocycles. The van der Waals surface area contributed by atoms with Crippen molar-refractivity contribution in [1.29, 1.82) is 0 Å². The highest BCUT2D eigenvalue weighted by molar-refractivity contribution is 6.07. The lowest BCUT2D eigenvalue weighted by Gasteiger charge is -2.30. The van der Waals surface area contributed by atoms with Crippen molar-refractivity contribution in [3.05, 3.63) is 0 Å². The van der Waals surface area contributed by atoms with Gasteiger partial charge in [0.15, 0.2) is 0 Å². The standard InChI is InChI=1S/C15H25N3O4/c19-13(16-3-4-17-5-9-21-10-6-17)15(1-2-15)14(20)18-7-11-22-12-8-18/h1-12H2,(H,16,19). The molecule has 1 aliphatic carbocycles. The van der Waals surface area contributed by atoms with Crippen LogP contribution in [0.4, 0.5) is 0 Å². The number of hydrogen-bond acceptors (Lipinski definition) is 5. The van der Waals surface area contributed by atoms with Crippen LogP contribution in [0.5, 0.6) is 0 Å². The molecule has 3 rings (SSSR count). The first-order chi connectivity index (χ1) is 10.7. The zero-order valence-electron chi connectivity index (χ0n) is 13.0. The summed E-state index contributed by atoms with van der Waals surface area (Å²) in [6, 6.07) is 0. The van der Waals surface area contributed by atoms with Gasteiger partial charge in [-0.05, 0) is 12.8 Å². The molecule has 3 aliphatic rings. The highest BCUT2D eigenvalue weighted by Gasteiger charge is 2.57. The summed E-state index contributed by atoms with van der Waals surface area (Å²) in [6.45, 7) is 7.08. The van der Waals surface area contributed by atoms with Crippen LogP contribution >= 0.6 is 0 Å². The number of nitrogens with one attached hydrogen (secondary N) is 1. The zero-order valence-corrected chi connectivity index (χ0v) is 13.0. The van der Waals surface area contributed by atoms with Gasteiger partial charge in [0.2, 0.25) is 11.8 Å². The molecular weight excluding hydrogens is 286 g/mol. The highest BCUT2D eigenvalue weighted by atomic mass is 16.5. The van der Waals surface area contributed by atoms with Gasteiger partial charge >= 0.3 is 0 Å². The Hall–Kier alpha value is -1.18. The number of morpholine rings is 2. The van der Waals surface area contributed by atoms with Crippen LogP contribution in [0.2, 0.25) is 0 Å². The third-order valence-electron chi connectivity index (χ3n) is 4.71. The lowest BCUT2D eigenvalue weighted by atomic mass is 10.0. The molecule has 2 aliphatic heterocycles. The van der Waals surface area contributed by atoms with Gasteiger partial charge in [-0.1, -0.05) is 0 Å². The Bertz CT molecular complexity index is 413. The summed E-state index contributed by atoms with van der Waals surface area (Å²) in [5.41, 5.74) is -0.789. The quantitative estimate of drug-likeness (QED) is 0.665. The summed E-state index contributed by atoms with van der Waals surface area (Å²) < 4.78 is 10.6. The first-order valence-electron chi connectivity index (χ1n) is 8.18. The number of rotatable bonds is 5. The average molecular weight is 311 g/mol. The summed E-state index contributed by atoms with van der Waals surface area (Å²) >= 11 is 0. The topological polar surface area (TPSA) is 71.1 Å². The maximum atomic E-state index is 12.6. The molecule has 0 aromatic heterocycles. The van der Waals surface area contributed by atoms with E-state index in [0.29, 0.717) is 45.7 Å². The minimum absolute atomic E-state index is 0.0142. The summed E-state index contributed by atoms with van der Waals surface area (Å²) in [5.74, 6) is -0.114. The molecule has 7 nitrogen and oxygen atoms in total. The van der Waals surface area contributed by atoms with Gasteiger partial charge in [-0.2, -0.15) is 0 Å². The summed E-state index contributed by atoms with van der Waals surface area (Å²) in [4.78, 5) is 29.0. The van der Waals surface area contributed by atoms with Crippen molar-refractivity contribution in [3.8, 4) is 0 Å². The first-order valence-corrected chi connectivity index (χ1v) is 8.18. The van der Waals surface area contributed by atoms with E-state index in [9.17, 15) is 9.59 Å². The number of carbonyl (C=O) groups excluding carboxylic acids is 2. The fraction of sp³-hybridized carbons (Fsp3) is 0.867.